The highest BCUT2D eigenvalue weighted by atomic mass is 16.1. The second kappa shape index (κ2) is 6.91. The van der Waals surface area contributed by atoms with Gasteiger partial charge in [0.15, 0.2) is 0 Å². The normalized spacial score (nSPS) is 12.7. The van der Waals surface area contributed by atoms with E-state index in [0.29, 0.717) is 6.42 Å². The molecule has 27 heavy (non-hydrogen) atoms. The molecule has 0 aliphatic carbocycles. The molecular formula is C22H24N4O. The van der Waals surface area contributed by atoms with E-state index in [1.54, 1.807) is 0 Å². The second-order valence-corrected chi connectivity index (χ2v) is 7.39. The van der Waals surface area contributed by atoms with Crippen molar-refractivity contribution in [2.45, 2.75) is 26.3 Å². The average Bonchev–Trinajstić information content (AvgIpc) is 3.21. The van der Waals surface area contributed by atoms with E-state index in [9.17, 15) is 4.79 Å². The topological polar surface area (TPSA) is 62.7 Å². The van der Waals surface area contributed by atoms with Crippen LogP contribution in [-0.4, -0.2) is 20.4 Å². The monoisotopic (exact) mass is 360 g/mol. The largest absolute Gasteiger partial charge is 0.350 e. The summed E-state index contributed by atoms with van der Waals surface area (Å²) in [5.41, 5.74) is 4.08. The number of H-pyrrole nitrogens is 1. The van der Waals surface area contributed by atoms with Crippen molar-refractivity contribution in [1.82, 2.24) is 19.9 Å². The summed E-state index contributed by atoms with van der Waals surface area (Å²) in [4.78, 5) is 20.8. The van der Waals surface area contributed by atoms with Crippen LogP contribution in [0.15, 0.2) is 54.7 Å². The number of benzene rings is 2. The van der Waals surface area contributed by atoms with Gasteiger partial charge in [0.05, 0.1) is 23.5 Å². The number of fused-ring (bicyclic) bond motifs is 2. The maximum Gasteiger partial charge on any atom is 0.225 e. The predicted octanol–water partition coefficient (Wildman–Crippen LogP) is 4.11. The molecule has 2 heterocycles. The first-order chi connectivity index (χ1) is 13.0. The molecule has 5 heteroatoms. The fraction of sp³-hybridized carbons (Fsp3) is 0.273. The summed E-state index contributed by atoms with van der Waals surface area (Å²) in [6, 6.07) is 15.9. The zero-order chi connectivity index (χ0) is 19.0. The van der Waals surface area contributed by atoms with Crippen molar-refractivity contribution >= 4 is 27.8 Å². The Morgan fingerprint density at radius 1 is 1.15 bits per heavy atom. The maximum absolute atomic E-state index is 12.8. The Morgan fingerprint density at radius 2 is 1.89 bits per heavy atom. The van der Waals surface area contributed by atoms with Crippen LogP contribution in [0, 0.1) is 5.92 Å². The van der Waals surface area contributed by atoms with E-state index in [4.69, 9.17) is 0 Å². The highest BCUT2D eigenvalue weighted by molar-refractivity contribution is 5.89. The minimum absolute atomic E-state index is 0.00510. The van der Waals surface area contributed by atoms with Crippen LogP contribution in [0.5, 0.6) is 0 Å². The van der Waals surface area contributed by atoms with Gasteiger partial charge in [-0.3, -0.25) is 4.79 Å². The minimum atomic E-state index is -0.153. The summed E-state index contributed by atoms with van der Waals surface area (Å²) in [6.07, 6.45) is 2.39. The number of amides is 1. The fourth-order valence-corrected chi connectivity index (χ4v) is 3.63. The molecule has 0 fully saturated rings. The molecule has 2 aromatic carbocycles. The molecule has 1 unspecified atom stereocenters. The highest BCUT2D eigenvalue weighted by Gasteiger charge is 2.22. The quantitative estimate of drug-likeness (QED) is 0.562. The first-order valence-corrected chi connectivity index (χ1v) is 9.30. The van der Waals surface area contributed by atoms with Gasteiger partial charge in [0.2, 0.25) is 5.91 Å². The molecule has 0 bridgehead atoms. The minimum Gasteiger partial charge on any atom is -0.350 e. The summed E-state index contributed by atoms with van der Waals surface area (Å²) in [5, 5.41) is 4.30. The number of nitrogens with one attached hydrogen (secondary N) is 2. The molecule has 4 aromatic rings. The van der Waals surface area contributed by atoms with Gasteiger partial charge < -0.3 is 14.9 Å². The smallest absolute Gasteiger partial charge is 0.225 e. The average molecular weight is 360 g/mol. The molecule has 5 nitrogen and oxygen atoms in total. The van der Waals surface area contributed by atoms with Crippen LogP contribution in [0.1, 0.15) is 31.3 Å². The number of hydrogen-bond acceptors (Lipinski definition) is 2. The summed E-state index contributed by atoms with van der Waals surface area (Å²) in [6.45, 7) is 4.19. The van der Waals surface area contributed by atoms with Crippen molar-refractivity contribution in [3.05, 3.63) is 66.1 Å². The molecule has 0 spiro atoms. The lowest BCUT2D eigenvalue weighted by molar-refractivity contribution is -0.121. The molecule has 0 radical (unpaired) electrons. The predicted molar refractivity (Wildman–Crippen MR) is 108 cm³/mol. The van der Waals surface area contributed by atoms with Gasteiger partial charge in [-0.25, -0.2) is 4.98 Å². The molecule has 1 atom stereocenters. The number of aromatic amines is 1. The molecule has 138 valence electrons. The number of nitrogens with zero attached hydrogens (tertiary/aromatic N) is 2. The molecule has 2 N–H and O–H groups in total. The van der Waals surface area contributed by atoms with E-state index in [1.807, 2.05) is 49.6 Å². The maximum atomic E-state index is 12.8. The van der Waals surface area contributed by atoms with E-state index in [2.05, 4.69) is 45.8 Å². The van der Waals surface area contributed by atoms with Crippen LogP contribution in [-0.2, 0) is 18.3 Å². The van der Waals surface area contributed by atoms with Crippen LogP contribution in [0.4, 0.5) is 0 Å². The van der Waals surface area contributed by atoms with E-state index in [0.717, 1.165) is 33.3 Å². The zero-order valence-corrected chi connectivity index (χ0v) is 15.9. The Kier molecular flexibility index (Phi) is 4.44. The lowest BCUT2D eigenvalue weighted by Crippen LogP contribution is -2.33. The van der Waals surface area contributed by atoms with Crippen LogP contribution in [0.3, 0.4) is 0 Å². The summed E-state index contributed by atoms with van der Waals surface area (Å²) in [7, 11) is 2.01. The fourth-order valence-electron chi connectivity index (χ4n) is 3.63. The number of para-hydroxylation sites is 3. The Labute approximate surface area is 158 Å². The lowest BCUT2D eigenvalue weighted by Gasteiger charge is -2.20. The van der Waals surface area contributed by atoms with Gasteiger partial charge in [0.1, 0.15) is 5.82 Å². The van der Waals surface area contributed by atoms with Crippen molar-refractivity contribution in [2.75, 3.05) is 0 Å². The zero-order valence-electron chi connectivity index (χ0n) is 15.9. The number of carbonyl (C=O) groups excluding carboxylic acids is 1. The SMILES string of the molecule is CC(C)C(NC(=O)Cc1cn(C)c2ccccc12)c1nc2ccccc2[nH]1. The Bertz CT molecular complexity index is 1070. The third-order valence-corrected chi connectivity index (χ3v) is 5.02. The molecule has 0 aliphatic heterocycles. The van der Waals surface area contributed by atoms with Crippen molar-refractivity contribution in [1.29, 1.82) is 0 Å². The van der Waals surface area contributed by atoms with Gasteiger partial charge in [-0.2, -0.15) is 0 Å². The lowest BCUT2D eigenvalue weighted by atomic mass is 10.0. The van der Waals surface area contributed by atoms with Gasteiger partial charge in [0.25, 0.3) is 0 Å². The standard InChI is InChI=1S/C22H24N4O/c1-14(2)21(22-23-17-9-5-6-10-18(17)24-22)25-20(27)12-15-13-26(3)19-11-7-4-8-16(15)19/h4-11,13-14,21H,12H2,1-3H3,(H,23,24)(H,25,27). The van der Waals surface area contributed by atoms with Crippen molar-refractivity contribution in [2.24, 2.45) is 13.0 Å². The van der Waals surface area contributed by atoms with E-state index in [1.165, 1.54) is 0 Å². The Morgan fingerprint density at radius 3 is 2.67 bits per heavy atom. The molecule has 4 rings (SSSR count). The van der Waals surface area contributed by atoms with Crippen molar-refractivity contribution < 1.29 is 4.79 Å². The molecule has 0 saturated carbocycles. The van der Waals surface area contributed by atoms with Gasteiger partial charge in [-0.05, 0) is 29.7 Å². The molecule has 0 saturated heterocycles. The molecule has 1 amide bonds. The van der Waals surface area contributed by atoms with Gasteiger partial charge in [0, 0.05) is 24.1 Å². The van der Waals surface area contributed by atoms with Gasteiger partial charge >= 0.3 is 0 Å². The third kappa shape index (κ3) is 3.33. The summed E-state index contributed by atoms with van der Waals surface area (Å²) < 4.78 is 2.07. The first-order valence-electron chi connectivity index (χ1n) is 9.30. The third-order valence-electron chi connectivity index (χ3n) is 5.02. The number of imidazole rings is 1. The number of hydrogen-bond donors (Lipinski definition) is 2. The first kappa shape index (κ1) is 17.3. The highest BCUT2D eigenvalue weighted by Crippen LogP contribution is 2.24. The van der Waals surface area contributed by atoms with Crippen molar-refractivity contribution in [3.8, 4) is 0 Å². The van der Waals surface area contributed by atoms with Crippen molar-refractivity contribution in [3.63, 3.8) is 0 Å². The van der Waals surface area contributed by atoms with Crippen LogP contribution >= 0.6 is 0 Å². The van der Waals surface area contributed by atoms with Gasteiger partial charge in [-0.15, -0.1) is 0 Å². The molecule has 0 aliphatic rings. The van der Waals surface area contributed by atoms with Crippen LogP contribution in [0.2, 0.25) is 0 Å². The van der Waals surface area contributed by atoms with E-state index < -0.39 is 0 Å². The van der Waals surface area contributed by atoms with E-state index >= 15 is 0 Å². The van der Waals surface area contributed by atoms with Gasteiger partial charge in [-0.1, -0.05) is 44.2 Å². The second-order valence-electron chi connectivity index (χ2n) is 7.39. The molecule has 2 aromatic heterocycles. The molecular weight excluding hydrogens is 336 g/mol. The number of carbonyl (C=O) groups is 1. The number of rotatable bonds is 5. The summed E-state index contributed by atoms with van der Waals surface area (Å²) >= 11 is 0. The van der Waals surface area contributed by atoms with Crippen LogP contribution < -0.4 is 5.32 Å². The number of aryl methyl sites for hydroxylation is 1. The summed E-state index contributed by atoms with van der Waals surface area (Å²) in [5.74, 6) is 1.03. The Balaban J connectivity index is 1.57. The Hall–Kier alpha value is -3.08. The van der Waals surface area contributed by atoms with Crippen LogP contribution in [0.25, 0.3) is 21.9 Å². The number of aromatic nitrogens is 3. The van der Waals surface area contributed by atoms with E-state index in [-0.39, 0.29) is 17.9 Å².